The number of pyridine rings is 1. The molecule has 2 aromatic rings. The molecule has 1 aromatic carbocycles. The summed E-state index contributed by atoms with van der Waals surface area (Å²) < 4.78 is 1.58. The number of hydrogen-bond donors (Lipinski definition) is 1. The van der Waals surface area contributed by atoms with Crippen molar-refractivity contribution in [1.29, 1.82) is 0 Å². The molecule has 2 rings (SSSR count). The maximum absolute atomic E-state index is 12.2. The number of rotatable bonds is 4. The molecule has 4 heteroatoms. The number of carbonyl (C=O) groups is 1. The molecular formula is C15H16N2O2. The third-order valence-corrected chi connectivity index (χ3v) is 2.81. The number of aromatic nitrogens is 1. The van der Waals surface area contributed by atoms with Crippen molar-refractivity contribution in [2.75, 3.05) is 5.32 Å². The fraction of sp³-hybridized carbons (Fsp3) is 0.200. The smallest absolute Gasteiger partial charge is 0.274 e. The monoisotopic (exact) mass is 256 g/mol. The molecule has 0 saturated carbocycles. The minimum absolute atomic E-state index is 0.158. The van der Waals surface area contributed by atoms with Crippen molar-refractivity contribution >= 4 is 11.6 Å². The molecular weight excluding hydrogens is 240 g/mol. The summed E-state index contributed by atoms with van der Waals surface area (Å²) in [7, 11) is 0. The molecule has 0 unspecified atom stereocenters. The lowest BCUT2D eigenvalue weighted by molar-refractivity contribution is -0.115. The van der Waals surface area contributed by atoms with Gasteiger partial charge in [-0.15, -0.1) is 0 Å². The SMILES string of the molecule is CCC(=O)Nc1cccn(Cc2ccccc2)c1=O. The van der Waals surface area contributed by atoms with E-state index in [2.05, 4.69) is 5.32 Å². The van der Waals surface area contributed by atoms with E-state index in [-0.39, 0.29) is 11.5 Å². The van der Waals surface area contributed by atoms with Gasteiger partial charge in [-0.1, -0.05) is 37.3 Å². The Balaban J connectivity index is 2.25. The van der Waals surface area contributed by atoms with Crippen LogP contribution in [0, 0.1) is 0 Å². The second-order valence-electron chi connectivity index (χ2n) is 4.24. The number of anilines is 1. The third-order valence-electron chi connectivity index (χ3n) is 2.81. The summed E-state index contributed by atoms with van der Waals surface area (Å²) in [6, 6.07) is 13.1. The molecule has 1 N–H and O–H groups in total. The maximum Gasteiger partial charge on any atom is 0.274 e. The topological polar surface area (TPSA) is 51.1 Å². The Bertz CT molecular complexity index is 618. The van der Waals surface area contributed by atoms with Gasteiger partial charge in [0, 0.05) is 12.6 Å². The molecule has 1 amide bonds. The molecule has 1 heterocycles. The Morgan fingerprint density at radius 2 is 1.89 bits per heavy atom. The summed E-state index contributed by atoms with van der Waals surface area (Å²) >= 11 is 0. The van der Waals surface area contributed by atoms with E-state index in [1.807, 2.05) is 30.3 Å². The lowest BCUT2D eigenvalue weighted by atomic mass is 10.2. The van der Waals surface area contributed by atoms with Crippen molar-refractivity contribution < 1.29 is 4.79 Å². The van der Waals surface area contributed by atoms with Gasteiger partial charge in [0.1, 0.15) is 5.69 Å². The number of nitrogens with zero attached hydrogens (tertiary/aromatic N) is 1. The van der Waals surface area contributed by atoms with Gasteiger partial charge in [0.15, 0.2) is 0 Å². The number of amides is 1. The van der Waals surface area contributed by atoms with Gasteiger partial charge in [-0.2, -0.15) is 0 Å². The van der Waals surface area contributed by atoms with E-state index < -0.39 is 0 Å². The summed E-state index contributed by atoms with van der Waals surface area (Å²) in [5, 5.41) is 2.61. The number of hydrogen-bond acceptors (Lipinski definition) is 2. The molecule has 0 aliphatic heterocycles. The van der Waals surface area contributed by atoms with Crippen LogP contribution in [-0.4, -0.2) is 10.5 Å². The van der Waals surface area contributed by atoms with Crippen molar-refractivity contribution in [3.63, 3.8) is 0 Å². The summed E-state index contributed by atoms with van der Waals surface area (Å²) in [5.41, 5.74) is 1.18. The largest absolute Gasteiger partial charge is 0.321 e. The van der Waals surface area contributed by atoms with Gasteiger partial charge in [-0.3, -0.25) is 9.59 Å². The van der Waals surface area contributed by atoms with E-state index in [0.717, 1.165) is 5.56 Å². The van der Waals surface area contributed by atoms with Crippen molar-refractivity contribution in [2.45, 2.75) is 19.9 Å². The zero-order chi connectivity index (χ0) is 13.7. The average molecular weight is 256 g/mol. The van der Waals surface area contributed by atoms with Gasteiger partial charge < -0.3 is 9.88 Å². The fourth-order valence-electron chi connectivity index (χ4n) is 1.78. The molecule has 0 saturated heterocycles. The molecule has 0 aliphatic rings. The van der Waals surface area contributed by atoms with Crippen molar-refractivity contribution in [1.82, 2.24) is 4.57 Å². The molecule has 0 radical (unpaired) electrons. The molecule has 0 aliphatic carbocycles. The summed E-state index contributed by atoms with van der Waals surface area (Å²) in [6.45, 7) is 2.25. The molecule has 19 heavy (non-hydrogen) atoms. The zero-order valence-electron chi connectivity index (χ0n) is 10.8. The quantitative estimate of drug-likeness (QED) is 0.912. The minimum Gasteiger partial charge on any atom is -0.321 e. The van der Waals surface area contributed by atoms with Gasteiger partial charge in [0.2, 0.25) is 5.91 Å². The summed E-state index contributed by atoms with van der Waals surface area (Å²) in [5.74, 6) is -0.158. The first kappa shape index (κ1) is 13.1. The highest BCUT2D eigenvalue weighted by Gasteiger charge is 2.06. The van der Waals surface area contributed by atoms with Gasteiger partial charge in [0.05, 0.1) is 6.54 Å². The first-order chi connectivity index (χ1) is 9.20. The highest BCUT2D eigenvalue weighted by Crippen LogP contribution is 2.04. The van der Waals surface area contributed by atoms with Crippen LogP contribution >= 0.6 is 0 Å². The lowest BCUT2D eigenvalue weighted by Crippen LogP contribution is -2.25. The van der Waals surface area contributed by atoms with Gasteiger partial charge in [-0.05, 0) is 17.7 Å². The number of benzene rings is 1. The van der Waals surface area contributed by atoms with Crippen LogP contribution in [-0.2, 0) is 11.3 Å². The van der Waals surface area contributed by atoms with E-state index in [0.29, 0.717) is 18.7 Å². The van der Waals surface area contributed by atoms with Gasteiger partial charge in [-0.25, -0.2) is 0 Å². The molecule has 0 fully saturated rings. The highest BCUT2D eigenvalue weighted by atomic mass is 16.2. The third kappa shape index (κ3) is 3.31. The molecule has 0 spiro atoms. The van der Waals surface area contributed by atoms with E-state index in [4.69, 9.17) is 0 Å². The first-order valence-electron chi connectivity index (χ1n) is 6.24. The minimum atomic E-state index is -0.187. The Hall–Kier alpha value is -2.36. The second kappa shape index (κ2) is 6.00. The Kier molecular flexibility index (Phi) is 4.13. The molecule has 0 bridgehead atoms. The zero-order valence-corrected chi connectivity index (χ0v) is 10.8. The Labute approximate surface area is 111 Å². The standard InChI is InChI=1S/C15H16N2O2/c1-2-14(18)16-13-9-6-10-17(15(13)19)11-12-7-4-3-5-8-12/h3-10H,2,11H2,1H3,(H,16,18). The van der Waals surface area contributed by atoms with Crippen LogP contribution in [0.3, 0.4) is 0 Å². The molecule has 4 nitrogen and oxygen atoms in total. The van der Waals surface area contributed by atoms with Crippen LogP contribution < -0.4 is 10.9 Å². The summed E-state index contributed by atoms with van der Waals surface area (Å²) in [4.78, 5) is 23.5. The lowest BCUT2D eigenvalue weighted by Gasteiger charge is -2.08. The van der Waals surface area contributed by atoms with E-state index in [1.54, 1.807) is 29.8 Å². The van der Waals surface area contributed by atoms with E-state index in [1.165, 1.54) is 0 Å². The first-order valence-corrected chi connectivity index (χ1v) is 6.24. The summed E-state index contributed by atoms with van der Waals surface area (Å²) in [6.07, 6.45) is 2.07. The second-order valence-corrected chi connectivity index (χ2v) is 4.24. The normalized spacial score (nSPS) is 10.2. The highest BCUT2D eigenvalue weighted by molar-refractivity contribution is 5.90. The number of carbonyl (C=O) groups excluding carboxylic acids is 1. The number of nitrogens with one attached hydrogen (secondary N) is 1. The molecule has 0 atom stereocenters. The van der Waals surface area contributed by atoms with Gasteiger partial charge in [0.25, 0.3) is 5.56 Å². The maximum atomic E-state index is 12.2. The van der Waals surface area contributed by atoms with Crippen LogP contribution in [0.25, 0.3) is 0 Å². The van der Waals surface area contributed by atoms with Crippen molar-refractivity contribution in [3.8, 4) is 0 Å². The van der Waals surface area contributed by atoms with Gasteiger partial charge >= 0.3 is 0 Å². The van der Waals surface area contributed by atoms with Crippen LogP contribution in [0.1, 0.15) is 18.9 Å². The van der Waals surface area contributed by atoms with Crippen LogP contribution in [0.2, 0.25) is 0 Å². The Morgan fingerprint density at radius 1 is 1.16 bits per heavy atom. The molecule has 1 aromatic heterocycles. The van der Waals surface area contributed by atoms with Crippen molar-refractivity contribution in [2.24, 2.45) is 0 Å². The van der Waals surface area contributed by atoms with E-state index in [9.17, 15) is 9.59 Å². The Morgan fingerprint density at radius 3 is 2.58 bits per heavy atom. The predicted molar refractivity (Wildman–Crippen MR) is 75.2 cm³/mol. The van der Waals surface area contributed by atoms with Crippen LogP contribution in [0.4, 0.5) is 5.69 Å². The predicted octanol–water partition coefficient (Wildman–Crippen LogP) is 2.25. The molecule has 98 valence electrons. The van der Waals surface area contributed by atoms with Crippen LogP contribution in [0.5, 0.6) is 0 Å². The van der Waals surface area contributed by atoms with Crippen molar-refractivity contribution in [3.05, 3.63) is 64.6 Å². The van der Waals surface area contributed by atoms with Crippen LogP contribution in [0.15, 0.2) is 53.5 Å². The van der Waals surface area contributed by atoms with E-state index >= 15 is 0 Å². The fourth-order valence-corrected chi connectivity index (χ4v) is 1.78. The average Bonchev–Trinajstić information content (AvgIpc) is 2.44.